The van der Waals surface area contributed by atoms with Gasteiger partial charge in [-0.2, -0.15) is 5.10 Å². The number of hydrogen-bond acceptors (Lipinski definition) is 2. The topological polar surface area (TPSA) is 15.6 Å². The molecule has 0 bridgehead atoms. The van der Waals surface area contributed by atoms with Crippen molar-refractivity contribution in [3.8, 4) is 0 Å². The minimum Gasteiger partial charge on any atom is -0.257 e. The van der Waals surface area contributed by atoms with Crippen LogP contribution in [0.5, 0.6) is 0 Å². The lowest BCUT2D eigenvalue weighted by Crippen LogP contribution is -2.18. The molecule has 0 aliphatic carbocycles. The molecule has 0 saturated heterocycles. The van der Waals surface area contributed by atoms with Gasteiger partial charge in [-0.05, 0) is 35.4 Å². The fourth-order valence-corrected chi connectivity index (χ4v) is 3.37. The van der Waals surface area contributed by atoms with Gasteiger partial charge in [-0.15, -0.1) is 0 Å². The molecule has 3 aromatic rings. The number of nitrogens with zero attached hydrogens (tertiary/aromatic N) is 2. The number of allylic oxidation sites excluding steroid dienone is 1. The molecule has 0 saturated carbocycles. The van der Waals surface area contributed by atoms with E-state index in [1.54, 1.807) is 0 Å². The summed E-state index contributed by atoms with van der Waals surface area (Å²) in [6.07, 6.45) is 5.08. The van der Waals surface area contributed by atoms with E-state index in [2.05, 4.69) is 59.6 Å². The Morgan fingerprint density at radius 2 is 1.58 bits per heavy atom. The first-order chi connectivity index (χ1) is 12.8. The monoisotopic (exact) mass is 358 g/mol. The molecule has 2 nitrogen and oxygen atoms in total. The molecule has 1 unspecified atom stereocenters. The molecule has 1 aliphatic rings. The van der Waals surface area contributed by atoms with E-state index >= 15 is 0 Å². The van der Waals surface area contributed by atoms with Crippen LogP contribution in [0.1, 0.15) is 23.6 Å². The van der Waals surface area contributed by atoms with Crippen molar-refractivity contribution in [1.29, 1.82) is 0 Å². The summed E-state index contributed by atoms with van der Waals surface area (Å²) in [7, 11) is 0. The molecule has 1 atom stereocenters. The SMILES string of the molecule is Clc1cccc(N2N=C(C=Cc3ccccc3)CC2c2ccccc2)c1. The lowest BCUT2D eigenvalue weighted by atomic mass is 10.0. The Hall–Kier alpha value is -2.84. The number of halogens is 1. The van der Waals surface area contributed by atoms with Crippen LogP contribution in [0.15, 0.2) is 96.1 Å². The minimum absolute atomic E-state index is 0.171. The van der Waals surface area contributed by atoms with E-state index in [-0.39, 0.29) is 6.04 Å². The van der Waals surface area contributed by atoms with Crippen molar-refractivity contribution in [1.82, 2.24) is 0 Å². The van der Waals surface area contributed by atoms with Crippen LogP contribution >= 0.6 is 11.6 Å². The van der Waals surface area contributed by atoms with E-state index in [4.69, 9.17) is 16.7 Å². The average Bonchev–Trinajstić information content (AvgIpc) is 3.12. The zero-order valence-corrected chi connectivity index (χ0v) is 15.1. The average molecular weight is 359 g/mol. The molecule has 26 heavy (non-hydrogen) atoms. The Balaban J connectivity index is 1.66. The summed E-state index contributed by atoms with van der Waals surface area (Å²) in [5, 5.41) is 7.67. The van der Waals surface area contributed by atoms with Gasteiger partial charge in [0.2, 0.25) is 0 Å². The predicted octanol–water partition coefficient (Wildman–Crippen LogP) is 6.36. The molecule has 1 aliphatic heterocycles. The van der Waals surface area contributed by atoms with Crippen LogP contribution in [0.25, 0.3) is 6.08 Å². The van der Waals surface area contributed by atoms with E-state index in [0.29, 0.717) is 0 Å². The zero-order chi connectivity index (χ0) is 17.8. The van der Waals surface area contributed by atoms with E-state index in [9.17, 15) is 0 Å². The second-order valence-electron chi connectivity index (χ2n) is 6.29. The molecule has 3 heteroatoms. The summed E-state index contributed by atoms with van der Waals surface area (Å²) in [5.41, 5.74) is 4.49. The lowest BCUT2D eigenvalue weighted by Gasteiger charge is -2.24. The van der Waals surface area contributed by atoms with Crippen LogP contribution in [0.2, 0.25) is 5.02 Å². The summed E-state index contributed by atoms with van der Waals surface area (Å²) in [4.78, 5) is 0. The van der Waals surface area contributed by atoms with Crippen LogP contribution in [0.3, 0.4) is 0 Å². The number of hydrazone groups is 1. The highest BCUT2D eigenvalue weighted by Gasteiger charge is 2.28. The quantitative estimate of drug-likeness (QED) is 0.529. The first kappa shape index (κ1) is 16.6. The van der Waals surface area contributed by atoms with Crippen molar-refractivity contribution < 1.29 is 0 Å². The van der Waals surface area contributed by atoms with Crippen molar-refractivity contribution in [2.24, 2.45) is 5.10 Å². The zero-order valence-electron chi connectivity index (χ0n) is 14.3. The number of benzene rings is 3. The molecule has 1 heterocycles. The second kappa shape index (κ2) is 7.59. The van der Waals surface area contributed by atoms with Crippen LogP contribution in [0.4, 0.5) is 5.69 Å². The maximum atomic E-state index is 6.21. The van der Waals surface area contributed by atoms with Crippen LogP contribution in [-0.4, -0.2) is 5.71 Å². The smallest absolute Gasteiger partial charge is 0.0831 e. The van der Waals surface area contributed by atoms with Crippen molar-refractivity contribution in [3.05, 3.63) is 107 Å². The molecule has 128 valence electrons. The fraction of sp³-hybridized carbons (Fsp3) is 0.0870. The Bertz CT molecular complexity index is 933. The highest BCUT2D eigenvalue weighted by Crippen LogP contribution is 2.36. The Labute approximate surface area is 159 Å². The number of anilines is 1. The number of rotatable bonds is 4. The third-order valence-electron chi connectivity index (χ3n) is 4.46. The molecular weight excluding hydrogens is 340 g/mol. The van der Waals surface area contributed by atoms with E-state index < -0.39 is 0 Å². The molecule has 0 N–H and O–H groups in total. The highest BCUT2D eigenvalue weighted by molar-refractivity contribution is 6.30. The van der Waals surface area contributed by atoms with Gasteiger partial charge in [0, 0.05) is 11.4 Å². The largest absolute Gasteiger partial charge is 0.257 e. The fourth-order valence-electron chi connectivity index (χ4n) is 3.18. The van der Waals surface area contributed by atoms with Crippen molar-refractivity contribution in [3.63, 3.8) is 0 Å². The van der Waals surface area contributed by atoms with Gasteiger partial charge in [0.05, 0.1) is 17.4 Å². The Morgan fingerprint density at radius 1 is 0.846 bits per heavy atom. The van der Waals surface area contributed by atoms with Gasteiger partial charge in [0.15, 0.2) is 0 Å². The van der Waals surface area contributed by atoms with Gasteiger partial charge in [-0.3, -0.25) is 5.01 Å². The van der Waals surface area contributed by atoms with Gasteiger partial charge in [-0.25, -0.2) is 0 Å². The van der Waals surface area contributed by atoms with Crippen LogP contribution in [-0.2, 0) is 0 Å². The Kier molecular flexibility index (Phi) is 4.85. The molecular formula is C23H19ClN2. The second-order valence-corrected chi connectivity index (χ2v) is 6.73. The summed E-state index contributed by atoms with van der Waals surface area (Å²) in [5.74, 6) is 0. The summed E-state index contributed by atoms with van der Waals surface area (Å²) in [6.45, 7) is 0. The third kappa shape index (κ3) is 3.71. The third-order valence-corrected chi connectivity index (χ3v) is 4.69. The normalized spacial score (nSPS) is 16.9. The standard InChI is InChI=1S/C23H19ClN2/c24-20-12-7-13-22(16-20)26-23(19-10-5-2-6-11-19)17-21(25-26)15-14-18-8-3-1-4-9-18/h1-16,23H,17H2. The summed E-state index contributed by atoms with van der Waals surface area (Å²) in [6, 6.07) is 28.8. The summed E-state index contributed by atoms with van der Waals surface area (Å²) < 4.78 is 0. The maximum Gasteiger partial charge on any atom is 0.0831 e. The first-order valence-electron chi connectivity index (χ1n) is 8.70. The van der Waals surface area contributed by atoms with Gasteiger partial charge < -0.3 is 0 Å². The molecule has 0 spiro atoms. The molecule has 0 radical (unpaired) electrons. The van der Waals surface area contributed by atoms with Crippen LogP contribution in [0, 0.1) is 0 Å². The van der Waals surface area contributed by atoms with Crippen molar-refractivity contribution in [2.45, 2.75) is 12.5 Å². The lowest BCUT2D eigenvalue weighted by molar-refractivity contribution is 0.709. The number of hydrogen-bond donors (Lipinski definition) is 0. The first-order valence-corrected chi connectivity index (χ1v) is 9.08. The van der Waals surface area contributed by atoms with Gasteiger partial charge >= 0.3 is 0 Å². The Morgan fingerprint density at radius 3 is 2.31 bits per heavy atom. The molecule has 0 amide bonds. The molecule has 4 rings (SSSR count). The van der Waals surface area contributed by atoms with Gasteiger partial charge in [-0.1, -0.05) is 84.4 Å². The predicted molar refractivity (Wildman–Crippen MR) is 111 cm³/mol. The minimum atomic E-state index is 0.171. The van der Waals surface area contributed by atoms with E-state index in [1.807, 2.05) is 42.5 Å². The van der Waals surface area contributed by atoms with Gasteiger partial charge in [0.1, 0.15) is 0 Å². The van der Waals surface area contributed by atoms with E-state index in [1.165, 1.54) is 11.1 Å². The highest BCUT2D eigenvalue weighted by atomic mass is 35.5. The van der Waals surface area contributed by atoms with E-state index in [0.717, 1.165) is 22.8 Å². The van der Waals surface area contributed by atoms with Crippen molar-refractivity contribution >= 4 is 29.1 Å². The van der Waals surface area contributed by atoms with Gasteiger partial charge in [0.25, 0.3) is 0 Å². The van der Waals surface area contributed by atoms with Crippen LogP contribution < -0.4 is 5.01 Å². The van der Waals surface area contributed by atoms with Crippen molar-refractivity contribution in [2.75, 3.05) is 5.01 Å². The maximum absolute atomic E-state index is 6.21. The summed E-state index contributed by atoms with van der Waals surface area (Å²) >= 11 is 6.21. The molecule has 3 aromatic carbocycles. The molecule has 0 aromatic heterocycles. The molecule has 0 fully saturated rings.